The molecule has 0 saturated heterocycles. The lowest BCUT2D eigenvalue weighted by Gasteiger charge is -2.11. The van der Waals surface area contributed by atoms with Crippen molar-refractivity contribution in [2.45, 2.75) is 13.3 Å². The average Bonchev–Trinajstić information content (AvgIpc) is 2.28. The molecule has 1 aromatic carbocycles. The summed E-state index contributed by atoms with van der Waals surface area (Å²) in [6.07, 6.45) is 0.970. The minimum absolute atomic E-state index is 0.153. The maximum atomic E-state index is 11.6. The van der Waals surface area contributed by atoms with Crippen molar-refractivity contribution in [3.8, 4) is 0 Å². The molecule has 0 aliphatic heterocycles. The van der Waals surface area contributed by atoms with Crippen molar-refractivity contribution in [2.24, 2.45) is 0 Å². The molecule has 4 nitrogen and oxygen atoms in total. The lowest BCUT2D eigenvalue weighted by atomic mass is 10.1. The van der Waals surface area contributed by atoms with Crippen LogP contribution in [0.4, 0.5) is 10.5 Å². The molecule has 0 aliphatic carbocycles. The molecule has 4 heteroatoms. The van der Waals surface area contributed by atoms with E-state index in [9.17, 15) is 4.79 Å². The van der Waals surface area contributed by atoms with Gasteiger partial charge in [0.2, 0.25) is 0 Å². The number of aryl methyl sites for hydroxylation is 1. The van der Waals surface area contributed by atoms with E-state index in [1.54, 1.807) is 0 Å². The summed E-state index contributed by atoms with van der Waals surface area (Å²) in [5.74, 6) is 0. The number of hydrogen-bond donors (Lipinski definition) is 2. The number of carbonyl (C=O) groups is 1. The van der Waals surface area contributed by atoms with Gasteiger partial charge in [-0.15, -0.1) is 0 Å². The number of carbonyl (C=O) groups excluding carboxylic acids is 1. The number of amides is 2. The Kier molecular flexibility index (Phi) is 5.49. The van der Waals surface area contributed by atoms with E-state index in [4.69, 9.17) is 0 Å². The molecule has 0 unspecified atom stereocenters. The highest BCUT2D eigenvalue weighted by Crippen LogP contribution is 2.10. The third-order valence-corrected chi connectivity index (χ3v) is 2.44. The molecule has 0 heterocycles. The van der Waals surface area contributed by atoms with Crippen molar-refractivity contribution in [1.29, 1.82) is 0 Å². The van der Waals surface area contributed by atoms with Gasteiger partial charge in [0.1, 0.15) is 0 Å². The summed E-state index contributed by atoms with van der Waals surface area (Å²) in [4.78, 5) is 13.6. The standard InChI is InChI=1S/C13H21N3O/c1-4-11-6-5-7-12(10-11)15-13(17)14-8-9-16(2)3/h5-7,10H,4,8-9H2,1-3H3,(H2,14,15,17). The molecule has 0 aromatic heterocycles. The first-order valence-corrected chi connectivity index (χ1v) is 5.90. The van der Waals surface area contributed by atoms with E-state index in [0.717, 1.165) is 18.7 Å². The molecule has 1 aromatic rings. The SMILES string of the molecule is CCc1cccc(NC(=O)NCCN(C)C)c1. The first-order valence-electron chi connectivity index (χ1n) is 5.90. The summed E-state index contributed by atoms with van der Waals surface area (Å²) < 4.78 is 0. The van der Waals surface area contributed by atoms with Crippen molar-refractivity contribution in [3.05, 3.63) is 29.8 Å². The molecule has 0 spiro atoms. The van der Waals surface area contributed by atoms with Gasteiger partial charge >= 0.3 is 6.03 Å². The minimum atomic E-state index is -0.153. The van der Waals surface area contributed by atoms with Crippen LogP contribution in [0.25, 0.3) is 0 Å². The van der Waals surface area contributed by atoms with Gasteiger partial charge in [-0.1, -0.05) is 19.1 Å². The molecule has 0 radical (unpaired) electrons. The first kappa shape index (κ1) is 13.5. The Morgan fingerprint density at radius 2 is 2.12 bits per heavy atom. The Morgan fingerprint density at radius 3 is 2.76 bits per heavy atom. The highest BCUT2D eigenvalue weighted by Gasteiger charge is 2.01. The van der Waals surface area contributed by atoms with Crippen molar-refractivity contribution in [2.75, 3.05) is 32.5 Å². The Bertz CT molecular complexity index is 363. The molecule has 17 heavy (non-hydrogen) atoms. The Balaban J connectivity index is 2.39. The number of benzene rings is 1. The van der Waals surface area contributed by atoms with Crippen molar-refractivity contribution in [3.63, 3.8) is 0 Å². The van der Waals surface area contributed by atoms with E-state index >= 15 is 0 Å². The summed E-state index contributed by atoms with van der Waals surface area (Å²) >= 11 is 0. The maximum Gasteiger partial charge on any atom is 0.319 e. The second-order valence-corrected chi connectivity index (χ2v) is 4.24. The number of hydrogen-bond acceptors (Lipinski definition) is 2. The Labute approximate surface area is 103 Å². The fourth-order valence-corrected chi connectivity index (χ4v) is 1.44. The number of likely N-dealkylation sites (N-methyl/N-ethyl adjacent to an activating group) is 1. The zero-order valence-corrected chi connectivity index (χ0v) is 10.8. The van der Waals surface area contributed by atoms with Crippen LogP contribution in [0.5, 0.6) is 0 Å². The molecule has 0 atom stereocenters. The van der Waals surface area contributed by atoms with Gasteiger partial charge in [0.15, 0.2) is 0 Å². The molecular weight excluding hydrogens is 214 g/mol. The number of rotatable bonds is 5. The number of nitrogens with zero attached hydrogens (tertiary/aromatic N) is 1. The van der Waals surface area contributed by atoms with Crippen molar-refractivity contribution in [1.82, 2.24) is 10.2 Å². The predicted molar refractivity (Wildman–Crippen MR) is 71.4 cm³/mol. The number of urea groups is 1. The molecule has 1 rings (SSSR count). The molecule has 94 valence electrons. The summed E-state index contributed by atoms with van der Waals surface area (Å²) in [5, 5.41) is 5.63. The van der Waals surface area contributed by atoms with Gasteiger partial charge in [-0.3, -0.25) is 0 Å². The van der Waals surface area contributed by atoms with Crippen LogP contribution in [0.15, 0.2) is 24.3 Å². The Hall–Kier alpha value is -1.55. The first-order chi connectivity index (χ1) is 8.11. The second-order valence-electron chi connectivity index (χ2n) is 4.24. The highest BCUT2D eigenvalue weighted by atomic mass is 16.2. The lowest BCUT2D eigenvalue weighted by molar-refractivity contribution is 0.250. The lowest BCUT2D eigenvalue weighted by Crippen LogP contribution is -2.34. The third-order valence-electron chi connectivity index (χ3n) is 2.44. The maximum absolute atomic E-state index is 11.6. The summed E-state index contributed by atoms with van der Waals surface area (Å²) in [6.45, 7) is 3.57. The van der Waals surface area contributed by atoms with Gasteiger partial charge in [-0.2, -0.15) is 0 Å². The van der Waals surface area contributed by atoms with Gasteiger partial charge in [-0.25, -0.2) is 4.79 Å². The smallest absolute Gasteiger partial charge is 0.319 e. The predicted octanol–water partition coefficient (Wildman–Crippen LogP) is 1.93. The fraction of sp³-hybridized carbons (Fsp3) is 0.462. The van der Waals surface area contributed by atoms with Gasteiger partial charge in [-0.05, 0) is 38.2 Å². The summed E-state index contributed by atoms with van der Waals surface area (Å²) in [7, 11) is 3.95. The topological polar surface area (TPSA) is 44.4 Å². The van der Waals surface area contributed by atoms with Gasteiger partial charge in [0, 0.05) is 18.8 Å². The van der Waals surface area contributed by atoms with Gasteiger partial charge in [0.05, 0.1) is 0 Å². The third kappa shape index (κ3) is 5.36. The number of nitrogens with one attached hydrogen (secondary N) is 2. The van der Waals surface area contributed by atoms with Crippen molar-refractivity contribution < 1.29 is 4.79 Å². The molecule has 0 bridgehead atoms. The molecule has 0 fully saturated rings. The molecule has 2 amide bonds. The fourth-order valence-electron chi connectivity index (χ4n) is 1.44. The van der Waals surface area contributed by atoms with Crippen LogP contribution in [0.2, 0.25) is 0 Å². The normalized spacial score (nSPS) is 10.4. The van der Waals surface area contributed by atoms with E-state index in [2.05, 4.69) is 23.6 Å². The van der Waals surface area contributed by atoms with E-state index in [1.807, 2.05) is 37.2 Å². The van der Waals surface area contributed by atoms with E-state index in [1.165, 1.54) is 5.56 Å². The van der Waals surface area contributed by atoms with Crippen LogP contribution in [-0.2, 0) is 6.42 Å². The van der Waals surface area contributed by atoms with Crippen LogP contribution in [-0.4, -0.2) is 38.1 Å². The highest BCUT2D eigenvalue weighted by molar-refractivity contribution is 5.89. The molecule has 2 N–H and O–H groups in total. The summed E-state index contributed by atoms with van der Waals surface area (Å²) in [6, 6.07) is 7.74. The van der Waals surface area contributed by atoms with Crippen LogP contribution in [0.3, 0.4) is 0 Å². The summed E-state index contributed by atoms with van der Waals surface area (Å²) in [5.41, 5.74) is 2.06. The van der Waals surface area contributed by atoms with Gasteiger partial charge < -0.3 is 15.5 Å². The quantitative estimate of drug-likeness (QED) is 0.819. The van der Waals surface area contributed by atoms with E-state index < -0.39 is 0 Å². The van der Waals surface area contributed by atoms with E-state index in [-0.39, 0.29) is 6.03 Å². The van der Waals surface area contributed by atoms with Crippen LogP contribution in [0.1, 0.15) is 12.5 Å². The zero-order chi connectivity index (χ0) is 12.7. The minimum Gasteiger partial charge on any atom is -0.337 e. The molecule has 0 aliphatic rings. The monoisotopic (exact) mass is 235 g/mol. The number of anilines is 1. The van der Waals surface area contributed by atoms with Crippen LogP contribution >= 0.6 is 0 Å². The molecule has 0 saturated carbocycles. The largest absolute Gasteiger partial charge is 0.337 e. The Morgan fingerprint density at radius 1 is 1.35 bits per heavy atom. The molecular formula is C13H21N3O. The van der Waals surface area contributed by atoms with E-state index in [0.29, 0.717) is 6.54 Å². The van der Waals surface area contributed by atoms with Crippen LogP contribution < -0.4 is 10.6 Å². The van der Waals surface area contributed by atoms with Crippen molar-refractivity contribution >= 4 is 11.7 Å². The second kappa shape index (κ2) is 6.91. The zero-order valence-electron chi connectivity index (χ0n) is 10.8. The van der Waals surface area contributed by atoms with Crippen LogP contribution in [0, 0.1) is 0 Å². The van der Waals surface area contributed by atoms with Gasteiger partial charge in [0.25, 0.3) is 0 Å². The average molecular weight is 235 g/mol.